The lowest BCUT2D eigenvalue weighted by Crippen LogP contribution is -2.49. The van der Waals surface area contributed by atoms with Gasteiger partial charge in [-0.15, -0.1) is 0 Å². The minimum absolute atomic E-state index is 0.265. The van der Waals surface area contributed by atoms with E-state index >= 15 is 0 Å². The van der Waals surface area contributed by atoms with Gasteiger partial charge in [-0.1, -0.05) is 12.6 Å². The Bertz CT molecular complexity index is 1330. The minimum atomic E-state index is -0.265. The molecule has 1 aromatic heterocycles. The number of piperidine rings is 1. The third-order valence-corrected chi connectivity index (χ3v) is 7.37. The summed E-state index contributed by atoms with van der Waals surface area (Å²) in [4.78, 5) is 25.8. The van der Waals surface area contributed by atoms with Crippen LogP contribution in [0.2, 0.25) is 0 Å². The topological polar surface area (TPSA) is 104 Å². The summed E-state index contributed by atoms with van der Waals surface area (Å²) in [6.45, 7) is 11.2. The Morgan fingerprint density at radius 3 is 2.60 bits per heavy atom. The van der Waals surface area contributed by atoms with E-state index in [0.29, 0.717) is 23.5 Å². The number of hydrogen-bond donors (Lipinski definition) is 3. The van der Waals surface area contributed by atoms with Crippen molar-refractivity contribution in [2.45, 2.75) is 25.8 Å². The summed E-state index contributed by atoms with van der Waals surface area (Å²) in [6, 6.07) is 14.3. The number of nitrogens with zero attached hydrogens (tertiary/aromatic N) is 4. The lowest BCUT2D eigenvalue weighted by molar-refractivity contribution is -0.111. The zero-order chi connectivity index (χ0) is 27.9. The van der Waals surface area contributed by atoms with Crippen molar-refractivity contribution in [3.05, 3.63) is 66.9 Å². The molecule has 0 unspecified atom stereocenters. The molecule has 10 heteroatoms. The summed E-state index contributed by atoms with van der Waals surface area (Å²) >= 11 is 0. The Hall–Kier alpha value is -4.15. The van der Waals surface area contributed by atoms with Gasteiger partial charge in [0, 0.05) is 67.1 Å². The summed E-state index contributed by atoms with van der Waals surface area (Å²) in [5.41, 5.74) is 4.27. The monoisotopic (exact) mass is 543 g/mol. The number of rotatable bonds is 9. The molecule has 40 heavy (non-hydrogen) atoms. The van der Waals surface area contributed by atoms with Gasteiger partial charge < -0.3 is 30.3 Å². The minimum Gasteiger partial charge on any atom is -0.494 e. The van der Waals surface area contributed by atoms with Crippen LogP contribution < -0.4 is 25.6 Å². The number of methoxy groups -OCH3 is 1. The third kappa shape index (κ3) is 6.70. The number of benzene rings is 2. The van der Waals surface area contributed by atoms with Crippen LogP contribution in [0, 0.1) is 6.92 Å². The molecule has 2 aliphatic rings. The van der Waals surface area contributed by atoms with E-state index in [1.54, 1.807) is 13.3 Å². The first-order chi connectivity index (χ1) is 19.5. The lowest BCUT2D eigenvalue weighted by atomic mass is 10.0. The molecule has 3 N–H and O–H groups in total. The van der Waals surface area contributed by atoms with E-state index in [4.69, 9.17) is 14.5 Å². The molecule has 10 nitrogen and oxygen atoms in total. The number of carbonyl (C=O) groups is 1. The Balaban J connectivity index is 1.25. The number of aromatic nitrogens is 2. The highest BCUT2D eigenvalue weighted by atomic mass is 16.5. The fourth-order valence-electron chi connectivity index (χ4n) is 5.17. The number of morpholine rings is 1. The average Bonchev–Trinajstić information content (AvgIpc) is 2.99. The van der Waals surface area contributed by atoms with Gasteiger partial charge in [-0.25, -0.2) is 4.98 Å². The van der Waals surface area contributed by atoms with Crippen LogP contribution in [0.1, 0.15) is 18.4 Å². The van der Waals surface area contributed by atoms with Crippen molar-refractivity contribution in [2.24, 2.45) is 0 Å². The summed E-state index contributed by atoms with van der Waals surface area (Å²) in [5.74, 6) is 1.57. The standard InChI is InChI=1S/C30H37N7O3/c1-4-28(38)32-22-6-5-7-23(18-22)33-29-21(2)20-31-30(35-29)34-26-9-8-25(19-27(26)39-3)36-12-10-24(11-13-36)37-14-16-40-17-15-37/h4-9,18-20,24H,1,10-17H2,2-3H3,(H,32,38)(H2,31,33,34,35). The van der Waals surface area contributed by atoms with Crippen LogP contribution in [-0.2, 0) is 9.53 Å². The van der Waals surface area contributed by atoms with Crippen molar-refractivity contribution in [3.63, 3.8) is 0 Å². The zero-order valence-corrected chi connectivity index (χ0v) is 23.2. The van der Waals surface area contributed by atoms with E-state index in [9.17, 15) is 4.79 Å². The maximum Gasteiger partial charge on any atom is 0.247 e. The van der Waals surface area contributed by atoms with Gasteiger partial charge in [-0.3, -0.25) is 9.69 Å². The van der Waals surface area contributed by atoms with Crippen LogP contribution in [0.3, 0.4) is 0 Å². The van der Waals surface area contributed by atoms with E-state index in [-0.39, 0.29) is 5.91 Å². The van der Waals surface area contributed by atoms with Crippen LogP contribution in [-0.4, -0.2) is 73.3 Å². The summed E-state index contributed by atoms with van der Waals surface area (Å²) in [7, 11) is 1.68. The van der Waals surface area contributed by atoms with Gasteiger partial charge in [0.1, 0.15) is 11.6 Å². The lowest BCUT2D eigenvalue weighted by Gasteiger charge is -2.40. The van der Waals surface area contributed by atoms with Gasteiger partial charge in [0.25, 0.3) is 0 Å². The number of hydrogen-bond acceptors (Lipinski definition) is 9. The van der Waals surface area contributed by atoms with Crippen LogP contribution >= 0.6 is 0 Å². The molecule has 5 rings (SSSR count). The highest BCUT2D eigenvalue weighted by molar-refractivity contribution is 5.99. The molecule has 3 aromatic rings. The van der Waals surface area contributed by atoms with Crippen molar-refractivity contribution in [1.82, 2.24) is 14.9 Å². The molecule has 0 saturated carbocycles. The largest absolute Gasteiger partial charge is 0.494 e. The van der Waals surface area contributed by atoms with Crippen molar-refractivity contribution >= 4 is 40.4 Å². The van der Waals surface area contributed by atoms with Crippen LogP contribution in [0.25, 0.3) is 0 Å². The van der Waals surface area contributed by atoms with Gasteiger partial charge in [0.05, 0.1) is 26.0 Å². The highest BCUT2D eigenvalue weighted by Crippen LogP contribution is 2.33. The fourth-order valence-corrected chi connectivity index (χ4v) is 5.17. The molecule has 1 amide bonds. The molecule has 2 fully saturated rings. The summed E-state index contributed by atoms with van der Waals surface area (Å²) < 4.78 is 11.3. The number of carbonyl (C=O) groups excluding carboxylic acids is 1. The second-order valence-electron chi connectivity index (χ2n) is 10.0. The Morgan fingerprint density at radius 1 is 1.07 bits per heavy atom. The molecule has 2 saturated heterocycles. The molecule has 0 spiro atoms. The molecule has 2 aromatic carbocycles. The van der Waals surface area contributed by atoms with Crippen LogP contribution in [0.4, 0.5) is 34.5 Å². The van der Waals surface area contributed by atoms with Gasteiger partial charge in [0.15, 0.2) is 0 Å². The van der Waals surface area contributed by atoms with E-state index in [2.05, 4.69) is 49.4 Å². The van der Waals surface area contributed by atoms with Gasteiger partial charge >= 0.3 is 0 Å². The normalized spacial score (nSPS) is 16.3. The quantitative estimate of drug-likeness (QED) is 0.331. The molecule has 3 heterocycles. The first kappa shape index (κ1) is 27.4. The molecule has 0 radical (unpaired) electrons. The van der Waals surface area contributed by atoms with Crippen LogP contribution in [0.5, 0.6) is 5.75 Å². The zero-order valence-electron chi connectivity index (χ0n) is 23.2. The third-order valence-electron chi connectivity index (χ3n) is 7.37. The summed E-state index contributed by atoms with van der Waals surface area (Å²) in [6.07, 6.45) is 5.31. The van der Waals surface area contributed by atoms with Crippen molar-refractivity contribution in [1.29, 1.82) is 0 Å². The van der Waals surface area contributed by atoms with E-state index < -0.39 is 0 Å². The SMILES string of the molecule is C=CC(=O)Nc1cccc(Nc2nc(Nc3ccc(N4CCC(N5CCOCC5)CC4)cc3OC)ncc2C)c1. The average molecular weight is 544 g/mol. The predicted octanol–water partition coefficient (Wildman–Crippen LogP) is 4.71. The smallest absolute Gasteiger partial charge is 0.247 e. The second kappa shape index (κ2) is 12.8. The predicted molar refractivity (Wildman–Crippen MR) is 159 cm³/mol. The molecular formula is C30H37N7O3. The molecule has 0 aliphatic carbocycles. The number of anilines is 6. The Labute approximate surface area is 235 Å². The van der Waals surface area contributed by atoms with Gasteiger partial charge in [-0.2, -0.15) is 4.98 Å². The second-order valence-corrected chi connectivity index (χ2v) is 10.0. The maximum absolute atomic E-state index is 11.7. The first-order valence-electron chi connectivity index (χ1n) is 13.7. The van der Waals surface area contributed by atoms with Gasteiger partial charge in [0.2, 0.25) is 11.9 Å². The highest BCUT2D eigenvalue weighted by Gasteiger charge is 2.26. The number of aryl methyl sites for hydroxylation is 1. The maximum atomic E-state index is 11.7. The fraction of sp³-hybridized carbons (Fsp3) is 0.367. The van der Waals surface area contributed by atoms with Gasteiger partial charge in [-0.05, 0) is 56.2 Å². The van der Waals surface area contributed by atoms with Crippen LogP contribution in [0.15, 0.2) is 61.3 Å². The van der Waals surface area contributed by atoms with Crippen molar-refractivity contribution in [3.8, 4) is 5.75 Å². The number of ether oxygens (including phenoxy) is 2. The van der Waals surface area contributed by atoms with Crippen molar-refractivity contribution < 1.29 is 14.3 Å². The molecule has 2 aliphatic heterocycles. The van der Waals surface area contributed by atoms with E-state index in [0.717, 1.165) is 80.6 Å². The number of nitrogens with one attached hydrogen (secondary N) is 3. The molecule has 210 valence electrons. The molecule has 0 atom stereocenters. The molecular weight excluding hydrogens is 506 g/mol. The summed E-state index contributed by atoms with van der Waals surface area (Å²) in [5, 5.41) is 9.40. The van der Waals surface area contributed by atoms with E-state index in [1.807, 2.05) is 37.3 Å². The molecule has 0 bridgehead atoms. The number of amides is 1. The Morgan fingerprint density at radius 2 is 1.85 bits per heavy atom. The van der Waals surface area contributed by atoms with Crippen molar-refractivity contribution in [2.75, 3.05) is 67.4 Å². The Kier molecular flexibility index (Phi) is 8.78. The first-order valence-corrected chi connectivity index (χ1v) is 13.7. The van der Waals surface area contributed by atoms with E-state index in [1.165, 1.54) is 6.08 Å².